The normalized spacial score (nSPS) is 17.7. The molecule has 7 nitrogen and oxygen atoms in total. The summed E-state index contributed by atoms with van der Waals surface area (Å²) in [6.07, 6.45) is 1.49. The van der Waals surface area contributed by atoms with E-state index >= 15 is 0 Å². The van der Waals surface area contributed by atoms with Gasteiger partial charge in [-0.25, -0.2) is 0 Å². The molecule has 2 aliphatic rings. The summed E-state index contributed by atoms with van der Waals surface area (Å²) in [5.74, 6) is -0.542. The van der Waals surface area contributed by atoms with E-state index in [-0.39, 0.29) is 27.1 Å². The average molecular weight is 460 g/mol. The highest BCUT2D eigenvalue weighted by atomic mass is 35.5. The number of benzene rings is 2. The minimum atomic E-state index is -4.03. The Morgan fingerprint density at radius 2 is 1.93 bits per heavy atom. The second-order valence-electron chi connectivity index (χ2n) is 6.36. The summed E-state index contributed by atoms with van der Waals surface area (Å²) >= 11 is 7.51. The van der Waals surface area contributed by atoms with Gasteiger partial charge < -0.3 is 4.18 Å². The number of amides is 1. The third-order valence-corrected chi connectivity index (χ3v) is 6.77. The summed E-state index contributed by atoms with van der Waals surface area (Å²) in [5, 5.41) is 10.7. The van der Waals surface area contributed by atoms with Gasteiger partial charge in [0.2, 0.25) is 0 Å². The van der Waals surface area contributed by atoms with Crippen LogP contribution in [-0.2, 0) is 14.9 Å². The van der Waals surface area contributed by atoms with E-state index in [1.165, 1.54) is 42.1 Å². The zero-order valence-corrected chi connectivity index (χ0v) is 17.9. The number of carbonyl (C=O) groups excluding carboxylic acids is 1. The fourth-order valence-corrected chi connectivity index (χ4v) is 4.94. The molecule has 0 atom stereocenters. The molecule has 0 bridgehead atoms. The standard InChI is InChI=1S/C20H14ClN3O4S2/c1-12-11-29-20-23-19(25)15(18(22)24(12)20)9-13-7-8-17(16(21)10-13)28-30(26,27)14-5-3-2-4-6-14/h2-11,22H,1H3/b15-9+,22-18?. The van der Waals surface area contributed by atoms with Gasteiger partial charge in [0.05, 0.1) is 10.6 Å². The number of aliphatic imine (C=N–C) groups is 1. The molecular weight excluding hydrogens is 446 g/mol. The van der Waals surface area contributed by atoms with Crippen molar-refractivity contribution < 1.29 is 17.4 Å². The van der Waals surface area contributed by atoms with Crippen LogP contribution in [0.2, 0.25) is 5.02 Å². The molecule has 0 fully saturated rings. The van der Waals surface area contributed by atoms with Crippen molar-refractivity contribution in [1.29, 1.82) is 5.41 Å². The summed E-state index contributed by atoms with van der Waals surface area (Å²) in [7, 11) is -4.03. The van der Waals surface area contributed by atoms with Gasteiger partial charge >= 0.3 is 10.1 Å². The van der Waals surface area contributed by atoms with Crippen LogP contribution < -0.4 is 4.18 Å². The van der Waals surface area contributed by atoms with Gasteiger partial charge in [-0.2, -0.15) is 13.4 Å². The quantitative estimate of drug-likeness (QED) is 0.541. The lowest BCUT2D eigenvalue weighted by Gasteiger charge is -2.25. The van der Waals surface area contributed by atoms with Crippen LogP contribution in [0.1, 0.15) is 12.5 Å². The Bertz CT molecular complexity index is 1270. The molecule has 2 aromatic carbocycles. The minimum Gasteiger partial charge on any atom is -0.377 e. The maximum Gasteiger partial charge on any atom is 0.339 e. The molecule has 0 saturated heterocycles. The first-order valence-corrected chi connectivity index (χ1v) is 11.3. The Balaban J connectivity index is 1.62. The van der Waals surface area contributed by atoms with Crippen LogP contribution in [0, 0.1) is 5.41 Å². The fraction of sp³-hybridized carbons (Fsp3) is 0.0500. The first-order valence-electron chi connectivity index (χ1n) is 8.62. The minimum absolute atomic E-state index is 0.00841. The zero-order valence-electron chi connectivity index (χ0n) is 15.5. The molecule has 0 aliphatic carbocycles. The van der Waals surface area contributed by atoms with Gasteiger partial charge in [-0.3, -0.25) is 15.1 Å². The van der Waals surface area contributed by atoms with E-state index in [1.54, 1.807) is 29.2 Å². The molecule has 0 spiro atoms. The fourth-order valence-electron chi connectivity index (χ4n) is 2.84. The summed E-state index contributed by atoms with van der Waals surface area (Å²) in [6, 6.07) is 12.1. The molecule has 2 aromatic rings. The van der Waals surface area contributed by atoms with Crippen LogP contribution in [0.15, 0.2) is 75.1 Å². The molecule has 0 radical (unpaired) electrons. The number of hydrogen-bond acceptors (Lipinski definition) is 6. The largest absolute Gasteiger partial charge is 0.377 e. The van der Waals surface area contributed by atoms with E-state index in [4.69, 9.17) is 21.2 Å². The average Bonchev–Trinajstić information content (AvgIpc) is 3.08. The number of hydrogen-bond donors (Lipinski definition) is 1. The van der Waals surface area contributed by atoms with Crippen LogP contribution >= 0.6 is 23.4 Å². The second-order valence-corrected chi connectivity index (χ2v) is 9.15. The SMILES string of the molecule is CC1=CSC2=NC(=O)/C(=C/c3ccc(OS(=O)(=O)c4ccccc4)c(Cl)c3)C(=N)N12. The molecule has 0 saturated carbocycles. The Labute approximate surface area is 182 Å². The third kappa shape index (κ3) is 3.79. The Hall–Kier alpha value is -2.88. The molecule has 1 N–H and O–H groups in total. The lowest BCUT2D eigenvalue weighted by molar-refractivity contribution is -0.114. The molecule has 0 unspecified atom stereocenters. The number of nitrogens with one attached hydrogen (secondary N) is 1. The summed E-state index contributed by atoms with van der Waals surface area (Å²) in [4.78, 5) is 18.0. The van der Waals surface area contributed by atoms with E-state index in [0.717, 1.165) is 5.70 Å². The first-order chi connectivity index (χ1) is 14.3. The molecule has 0 aromatic heterocycles. The topological polar surface area (TPSA) is 99.9 Å². The van der Waals surface area contributed by atoms with Gasteiger partial charge in [0.1, 0.15) is 10.7 Å². The number of nitrogens with zero attached hydrogens (tertiary/aromatic N) is 2. The van der Waals surface area contributed by atoms with E-state index in [9.17, 15) is 13.2 Å². The van der Waals surface area contributed by atoms with Crippen molar-refractivity contribution in [3.63, 3.8) is 0 Å². The second kappa shape index (κ2) is 7.75. The summed E-state index contributed by atoms with van der Waals surface area (Å²) < 4.78 is 29.9. The van der Waals surface area contributed by atoms with Crippen molar-refractivity contribution >= 4 is 56.5 Å². The number of rotatable bonds is 4. The Kier molecular flexibility index (Phi) is 5.27. The van der Waals surface area contributed by atoms with Gasteiger partial charge in [0, 0.05) is 5.70 Å². The Morgan fingerprint density at radius 3 is 2.63 bits per heavy atom. The van der Waals surface area contributed by atoms with Crippen molar-refractivity contribution in [2.75, 3.05) is 0 Å². The Morgan fingerprint density at radius 1 is 1.20 bits per heavy atom. The lowest BCUT2D eigenvalue weighted by Crippen LogP contribution is -2.37. The van der Waals surface area contributed by atoms with Crippen LogP contribution in [0.4, 0.5) is 0 Å². The molecule has 2 heterocycles. The monoisotopic (exact) mass is 459 g/mol. The molecule has 1 amide bonds. The molecule has 2 aliphatic heterocycles. The van der Waals surface area contributed by atoms with Crippen LogP contribution in [0.5, 0.6) is 5.75 Å². The zero-order chi connectivity index (χ0) is 21.5. The van der Waals surface area contributed by atoms with Gasteiger partial charge in [-0.15, -0.1) is 0 Å². The highest BCUT2D eigenvalue weighted by Crippen LogP contribution is 2.33. The third-order valence-electron chi connectivity index (χ3n) is 4.28. The predicted octanol–water partition coefficient (Wildman–Crippen LogP) is 4.27. The van der Waals surface area contributed by atoms with Crippen molar-refractivity contribution in [3.05, 3.63) is 75.8 Å². The number of allylic oxidation sites excluding steroid dienone is 1. The maximum absolute atomic E-state index is 12.4. The van der Waals surface area contributed by atoms with Gasteiger partial charge in [0.15, 0.2) is 10.9 Å². The summed E-state index contributed by atoms with van der Waals surface area (Å²) in [6.45, 7) is 1.83. The van der Waals surface area contributed by atoms with Crippen LogP contribution in [0.25, 0.3) is 6.08 Å². The number of halogens is 1. The molecular formula is C20H14ClN3O4S2. The van der Waals surface area contributed by atoms with Gasteiger partial charge in [0.25, 0.3) is 5.91 Å². The number of carbonyl (C=O) groups is 1. The smallest absolute Gasteiger partial charge is 0.339 e. The highest BCUT2D eigenvalue weighted by molar-refractivity contribution is 8.16. The van der Waals surface area contributed by atoms with Gasteiger partial charge in [-0.1, -0.05) is 47.6 Å². The van der Waals surface area contributed by atoms with Gasteiger partial charge in [-0.05, 0) is 48.2 Å². The molecule has 30 heavy (non-hydrogen) atoms. The van der Waals surface area contributed by atoms with Crippen LogP contribution in [0.3, 0.4) is 0 Å². The van der Waals surface area contributed by atoms with E-state index in [0.29, 0.717) is 10.7 Å². The van der Waals surface area contributed by atoms with Crippen molar-refractivity contribution in [1.82, 2.24) is 4.90 Å². The lowest BCUT2D eigenvalue weighted by atomic mass is 10.1. The predicted molar refractivity (Wildman–Crippen MR) is 117 cm³/mol. The van der Waals surface area contributed by atoms with E-state index in [1.807, 2.05) is 12.3 Å². The first kappa shape index (κ1) is 20.4. The summed E-state index contributed by atoms with van der Waals surface area (Å²) in [5.41, 5.74) is 1.41. The molecule has 4 rings (SSSR count). The molecule has 152 valence electrons. The number of fused-ring (bicyclic) bond motifs is 1. The number of thioether (sulfide) groups is 1. The van der Waals surface area contributed by atoms with Crippen molar-refractivity contribution in [3.8, 4) is 5.75 Å². The van der Waals surface area contributed by atoms with E-state index < -0.39 is 16.0 Å². The van der Waals surface area contributed by atoms with E-state index in [2.05, 4.69) is 4.99 Å². The maximum atomic E-state index is 12.4. The number of amidine groups is 2. The van der Waals surface area contributed by atoms with Crippen LogP contribution in [-0.4, -0.2) is 30.2 Å². The highest BCUT2D eigenvalue weighted by Gasteiger charge is 2.34. The van der Waals surface area contributed by atoms with Crippen molar-refractivity contribution in [2.45, 2.75) is 11.8 Å². The molecule has 10 heteroatoms. The van der Waals surface area contributed by atoms with Crippen molar-refractivity contribution in [2.24, 2.45) is 4.99 Å².